The van der Waals surface area contributed by atoms with Crippen LogP contribution in [0.3, 0.4) is 0 Å². The zero-order valence-corrected chi connectivity index (χ0v) is 11.4. The van der Waals surface area contributed by atoms with Gasteiger partial charge >= 0.3 is 0 Å². The minimum atomic E-state index is -0.346. The summed E-state index contributed by atoms with van der Waals surface area (Å²) in [5.74, 6) is 0.0426. The van der Waals surface area contributed by atoms with Crippen molar-refractivity contribution in [3.8, 4) is 0 Å². The first-order chi connectivity index (χ1) is 8.65. The minimum Gasteiger partial charge on any atom is -0.365 e. The van der Waals surface area contributed by atoms with Gasteiger partial charge in [-0.05, 0) is 45.4 Å². The van der Waals surface area contributed by atoms with Gasteiger partial charge in [0.25, 0.3) is 0 Å². The standard InChI is InChI=1S/C14H26N2O2/c1-10(14(17)16-12-6-2-3-7-12)18-13-8-4-5-11(15)9-13/h10-13H,2-9,15H2,1H3,(H,16,17). The molecule has 104 valence electrons. The van der Waals surface area contributed by atoms with Crippen molar-refractivity contribution in [2.75, 3.05) is 0 Å². The van der Waals surface area contributed by atoms with Gasteiger partial charge in [0.15, 0.2) is 0 Å². The lowest BCUT2D eigenvalue weighted by atomic mass is 9.93. The Morgan fingerprint density at radius 1 is 1.22 bits per heavy atom. The molecule has 2 rings (SSSR count). The quantitative estimate of drug-likeness (QED) is 0.803. The summed E-state index contributed by atoms with van der Waals surface area (Å²) in [6.07, 6.45) is 8.65. The van der Waals surface area contributed by atoms with Gasteiger partial charge in [-0.3, -0.25) is 4.79 Å². The second-order valence-corrected chi connectivity index (χ2v) is 5.82. The number of carbonyl (C=O) groups is 1. The first-order valence-corrected chi connectivity index (χ1v) is 7.36. The molecule has 4 heteroatoms. The van der Waals surface area contributed by atoms with E-state index in [4.69, 9.17) is 10.5 Å². The lowest BCUT2D eigenvalue weighted by Crippen LogP contribution is -2.43. The van der Waals surface area contributed by atoms with E-state index < -0.39 is 0 Å². The van der Waals surface area contributed by atoms with Crippen molar-refractivity contribution in [1.29, 1.82) is 0 Å². The molecule has 18 heavy (non-hydrogen) atoms. The number of hydrogen-bond acceptors (Lipinski definition) is 3. The van der Waals surface area contributed by atoms with E-state index in [1.807, 2.05) is 6.92 Å². The summed E-state index contributed by atoms with van der Waals surface area (Å²) in [6, 6.07) is 0.617. The molecule has 0 bridgehead atoms. The molecule has 2 aliphatic rings. The normalized spacial score (nSPS) is 31.2. The maximum absolute atomic E-state index is 12.0. The summed E-state index contributed by atoms with van der Waals surface area (Å²) in [4.78, 5) is 12.0. The molecule has 0 saturated heterocycles. The number of nitrogens with two attached hydrogens (primary N) is 1. The van der Waals surface area contributed by atoms with E-state index in [-0.39, 0.29) is 24.2 Å². The lowest BCUT2D eigenvalue weighted by molar-refractivity contribution is -0.137. The molecule has 0 aromatic heterocycles. The molecule has 0 aromatic carbocycles. The van der Waals surface area contributed by atoms with Gasteiger partial charge in [-0.2, -0.15) is 0 Å². The van der Waals surface area contributed by atoms with E-state index in [2.05, 4.69) is 5.32 Å². The third-order valence-corrected chi connectivity index (χ3v) is 4.13. The summed E-state index contributed by atoms with van der Waals surface area (Å²) in [6.45, 7) is 1.85. The van der Waals surface area contributed by atoms with Gasteiger partial charge in [0.05, 0.1) is 6.10 Å². The second kappa shape index (κ2) is 6.53. The highest BCUT2D eigenvalue weighted by molar-refractivity contribution is 5.80. The molecule has 2 saturated carbocycles. The number of ether oxygens (including phenoxy) is 1. The Morgan fingerprint density at radius 3 is 2.61 bits per heavy atom. The minimum absolute atomic E-state index is 0.0426. The van der Waals surface area contributed by atoms with Crippen molar-refractivity contribution < 1.29 is 9.53 Å². The predicted octanol–water partition coefficient (Wildman–Crippen LogP) is 1.72. The summed E-state index contributed by atoms with van der Waals surface area (Å²) >= 11 is 0. The fraction of sp³-hybridized carbons (Fsp3) is 0.929. The highest BCUT2D eigenvalue weighted by Gasteiger charge is 2.26. The Morgan fingerprint density at radius 2 is 1.94 bits per heavy atom. The SMILES string of the molecule is CC(OC1CCCC(N)C1)C(=O)NC1CCCC1. The van der Waals surface area contributed by atoms with Crippen LogP contribution < -0.4 is 11.1 Å². The van der Waals surface area contributed by atoms with Crippen molar-refractivity contribution in [2.24, 2.45) is 5.73 Å². The highest BCUT2D eigenvalue weighted by Crippen LogP contribution is 2.22. The summed E-state index contributed by atoms with van der Waals surface area (Å²) in [7, 11) is 0. The van der Waals surface area contributed by atoms with Crippen LogP contribution >= 0.6 is 0 Å². The van der Waals surface area contributed by atoms with Gasteiger partial charge in [-0.15, -0.1) is 0 Å². The average Bonchev–Trinajstić information content (AvgIpc) is 2.81. The molecule has 1 amide bonds. The number of rotatable bonds is 4. The van der Waals surface area contributed by atoms with Gasteiger partial charge < -0.3 is 15.8 Å². The Hall–Kier alpha value is -0.610. The van der Waals surface area contributed by atoms with Crippen molar-refractivity contribution in [3.05, 3.63) is 0 Å². The maximum Gasteiger partial charge on any atom is 0.249 e. The average molecular weight is 254 g/mol. The smallest absolute Gasteiger partial charge is 0.249 e. The van der Waals surface area contributed by atoms with Gasteiger partial charge in [0.2, 0.25) is 5.91 Å². The first kappa shape index (κ1) is 13.8. The fourth-order valence-corrected chi connectivity index (χ4v) is 3.04. The summed E-state index contributed by atoms with van der Waals surface area (Å²) < 4.78 is 5.84. The number of nitrogens with one attached hydrogen (secondary N) is 1. The fourth-order valence-electron chi connectivity index (χ4n) is 3.04. The summed E-state index contributed by atoms with van der Waals surface area (Å²) in [5, 5.41) is 3.08. The van der Waals surface area contributed by atoms with Gasteiger partial charge in [0, 0.05) is 12.1 Å². The van der Waals surface area contributed by atoms with E-state index in [0.717, 1.165) is 38.5 Å². The monoisotopic (exact) mass is 254 g/mol. The molecule has 3 unspecified atom stereocenters. The Kier molecular flexibility index (Phi) is 5.01. The number of hydrogen-bond donors (Lipinski definition) is 2. The van der Waals surface area contributed by atoms with Crippen LogP contribution in [-0.2, 0) is 9.53 Å². The van der Waals surface area contributed by atoms with Crippen molar-refractivity contribution >= 4 is 5.91 Å². The molecule has 0 spiro atoms. The van der Waals surface area contributed by atoms with Crippen molar-refractivity contribution in [2.45, 2.75) is 82.6 Å². The molecule has 2 aliphatic carbocycles. The molecule has 0 aromatic rings. The predicted molar refractivity (Wildman–Crippen MR) is 71.2 cm³/mol. The molecule has 2 fully saturated rings. The topological polar surface area (TPSA) is 64.3 Å². The van der Waals surface area contributed by atoms with Crippen LogP contribution in [0.2, 0.25) is 0 Å². The van der Waals surface area contributed by atoms with Gasteiger partial charge in [0.1, 0.15) is 6.10 Å². The Balaban J connectivity index is 1.72. The van der Waals surface area contributed by atoms with Crippen LogP contribution in [0.4, 0.5) is 0 Å². The maximum atomic E-state index is 12.0. The molecule has 3 N–H and O–H groups in total. The third-order valence-electron chi connectivity index (χ3n) is 4.13. The molecule has 0 radical (unpaired) electrons. The van der Waals surface area contributed by atoms with Crippen LogP contribution in [0.25, 0.3) is 0 Å². The largest absolute Gasteiger partial charge is 0.365 e. The van der Waals surface area contributed by atoms with Gasteiger partial charge in [-0.1, -0.05) is 12.8 Å². The van der Waals surface area contributed by atoms with E-state index in [9.17, 15) is 4.79 Å². The third kappa shape index (κ3) is 3.95. The Bertz CT molecular complexity index is 277. The van der Waals surface area contributed by atoms with E-state index in [1.165, 1.54) is 12.8 Å². The Labute approximate surface area is 110 Å². The van der Waals surface area contributed by atoms with E-state index in [1.54, 1.807) is 0 Å². The van der Waals surface area contributed by atoms with E-state index in [0.29, 0.717) is 6.04 Å². The van der Waals surface area contributed by atoms with Crippen LogP contribution in [0.5, 0.6) is 0 Å². The van der Waals surface area contributed by atoms with Crippen molar-refractivity contribution in [1.82, 2.24) is 5.32 Å². The zero-order chi connectivity index (χ0) is 13.0. The van der Waals surface area contributed by atoms with Crippen LogP contribution in [0.1, 0.15) is 58.3 Å². The van der Waals surface area contributed by atoms with E-state index >= 15 is 0 Å². The second-order valence-electron chi connectivity index (χ2n) is 5.82. The molecule has 0 heterocycles. The van der Waals surface area contributed by atoms with Crippen molar-refractivity contribution in [3.63, 3.8) is 0 Å². The highest BCUT2D eigenvalue weighted by atomic mass is 16.5. The van der Waals surface area contributed by atoms with Gasteiger partial charge in [-0.25, -0.2) is 0 Å². The molecular weight excluding hydrogens is 228 g/mol. The number of amides is 1. The van der Waals surface area contributed by atoms with Crippen LogP contribution in [0, 0.1) is 0 Å². The molecule has 0 aliphatic heterocycles. The summed E-state index contributed by atoms with van der Waals surface area (Å²) in [5.41, 5.74) is 5.93. The van der Waals surface area contributed by atoms with Crippen LogP contribution in [0.15, 0.2) is 0 Å². The molecule has 3 atom stereocenters. The molecule has 4 nitrogen and oxygen atoms in total. The number of carbonyl (C=O) groups excluding carboxylic acids is 1. The molecular formula is C14H26N2O2. The first-order valence-electron chi connectivity index (χ1n) is 7.36. The zero-order valence-electron chi connectivity index (χ0n) is 11.4. The van der Waals surface area contributed by atoms with Crippen LogP contribution in [-0.4, -0.2) is 30.2 Å². The lowest BCUT2D eigenvalue weighted by Gasteiger charge is -2.29.